The van der Waals surface area contributed by atoms with Gasteiger partial charge in [0.05, 0.1) is 0 Å². The Morgan fingerprint density at radius 2 is 2.50 bits per heavy atom. The van der Waals surface area contributed by atoms with Crippen molar-refractivity contribution in [3.8, 4) is 0 Å². The Kier molecular flexibility index (Phi) is 4.35. The smallest absolute Gasteiger partial charge is 0.000794 e. The van der Waals surface area contributed by atoms with E-state index in [4.69, 9.17) is 0 Å². The van der Waals surface area contributed by atoms with Gasteiger partial charge in [0.25, 0.3) is 0 Å². The first kappa shape index (κ1) is 10.5. The summed E-state index contributed by atoms with van der Waals surface area (Å²) >= 11 is 3.89. The quantitative estimate of drug-likeness (QED) is 0.776. The highest BCUT2D eigenvalue weighted by Crippen LogP contribution is 2.22. The summed E-state index contributed by atoms with van der Waals surface area (Å²) in [6.45, 7) is 2.36. The number of thioether (sulfide) groups is 1. The van der Waals surface area contributed by atoms with E-state index in [-0.39, 0.29) is 0 Å². The molecular formula is C11H17NS2. The largest absolute Gasteiger partial charge is 0.316 e. The molecule has 1 saturated heterocycles. The maximum atomic E-state index is 3.56. The fraction of sp³-hybridized carbons (Fsp3) is 0.636. The zero-order valence-corrected chi connectivity index (χ0v) is 10.0. The average molecular weight is 227 g/mol. The van der Waals surface area contributed by atoms with E-state index in [2.05, 4.69) is 33.9 Å². The van der Waals surface area contributed by atoms with Gasteiger partial charge in [-0.1, -0.05) is 0 Å². The maximum absolute atomic E-state index is 3.56. The molecule has 78 valence electrons. The van der Waals surface area contributed by atoms with E-state index in [0.29, 0.717) is 0 Å². The standard InChI is InChI=1S/C11H17NS2/c1(10-2-5-13-8-10)4-12-7-11-3-6-14-9-11/h2,5,8,11-12H,1,3-4,6-7,9H2. The molecule has 0 aliphatic carbocycles. The van der Waals surface area contributed by atoms with E-state index >= 15 is 0 Å². The molecule has 2 rings (SSSR count). The van der Waals surface area contributed by atoms with Crippen molar-refractivity contribution in [2.45, 2.75) is 12.8 Å². The SMILES string of the molecule is c1cc(CCNCC2CCSC2)cs1. The monoisotopic (exact) mass is 227 g/mol. The van der Waals surface area contributed by atoms with Crippen LogP contribution >= 0.6 is 23.1 Å². The first-order valence-electron chi connectivity index (χ1n) is 5.24. The van der Waals surface area contributed by atoms with Crippen molar-refractivity contribution in [2.24, 2.45) is 5.92 Å². The van der Waals surface area contributed by atoms with Gasteiger partial charge in [0.2, 0.25) is 0 Å². The summed E-state index contributed by atoms with van der Waals surface area (Å²) in [7, 11) is 0. The van der Waals surface area contributed by atoms with Gasteiger partial charge in [0.1, 0.15) is 0 Å². The van der Waals surface area contributed by atoms with Gasteiger partial charge in [-0.3, -0.25) is 0 Å². The molecule has 1 fully saturated rings. The molecule has 1 unspecified atom stereocenters. The molecule has 1 atom stereocenters. The summed E-state index contributed by atoms with van der Waals surface area (Å²) in [6.07, 6.45) is 2.60. The topological polar surface area (TPSA) is 12.0 Å². The molecule has 1 aromatic heterocycles. The zero-order chi connectivity index (χ0) is 9.64. The first-order chi connectivity index (χ1) is 6.95. The number of hydrogen-bond acceptors (Lipinski definition) is 3. The molecule has 0 saturated carbocycles. The normalized spacial score (nSPS) is 21.6. The van der Waals surface area contributed by atoms with E-state index in [1.54, 1.807) is 11.3 Å². The third kappa shape index (κ3) is 3.30. The Labute approximate surface area is 94.3 Å². The second-order valence-electron chi connectivity index (χ2n) is 3.82. The van der Waals surface area contributed by atoms with Crippen LogP contribution in [0.3, 0.4) is 0 Å². The summed E-state index contributed by atoms with van der Waals surface area (Å²) in [5.74, 6) is 3.67. The van der Waals surface area contributed by atoms with Gasteiger partial charge in [-0.15, -0.1) is 0 Å². The molecular weight excluding hydrogens is 210 g/mol. The molecule has 2 heterocycles. The van der Waals surface area contributed by atoms with E-state index in [9.17, 15) is 0 Å². The van der Waals surface area contributed by atoms with Crippen LogP contribution in [-0.2, 0) is 6.42 Å². The van der Waals surface area contributed by atoms with Crippen LogP contribution in [0, 0.1) is 5.92 Å². The molecule has 0 amide bonds. The Morgan fingerprint density at radius 3 is 3.21 bits per heavy atom. The lowest BCUT2D eigenvalue weighted by atomic mass is 10.1. The molecule has 14 heavy (non-hydrogen) atoms. The van der Waals surface area contributed by atoms with Crippen molar-refractivity contribution in [2.75, 3.05) is 24.6 Å². The second-order valence-corrected chi connectivity index (χ2v) is 5.75. The summed E-state index contributed by atoms with van der Waals surface area (Å²) in [5, 5.41) is 7.96. The van der Waals surface area contributed by atoms with Gasteiger partial charge in [-0.05, 0) is 65.7 Å². The van der Waals surface area contributed by atoms with E-state index in [0.717, 1.165) is 12.5 Å². The van der Waals surface area contributed by atoms with Gasteiger partial charge in [0, 0.05) is 0 Å². The Morgan fingerprint density at radius 1 is 1.50 bits per heavy atom. The highest BCUT2D eigenvalue weighted by atomic mass is 32.2. The van der Waals surface area contributed by atoms with Crippen molar-refractivity contribution in [1.82, 2.24) is 5.32 Å². The highest BCUT2D eigenvalue weighted by Gasteiger charge is 2.14. The summed E-state index contributed by atoms with van der Waals surface area (Å²) in [4.78, 5) is 0. The van der Waals surface area contributed by atoms with Gasteiger partial charge in [-0.2, -0.15) is 23.1 Å². The van der Waals surface area contributed by atoms with Crippen molar-refractivity contribution in [3.63, 3.8) is 0 Å². The molecule has 1 N–H and O–H groups in total. The number of nitrogens with one attached hydrogen (secondary N) is 1. The van der Waals surface area contributed by atoms with Crippen molar-refractivity contribution in [1.29, 1.82) is 0 Å². The maximum Gasteiger partial charge on any atom is -0.000794 e. The molecule has 1 aliphatic heterocycles. The van der Waals surface area contributed by atoms with Gasteiger partial charge < -0.3 is 5.32 Å². The fourth-order valence-corrected chi connectivity index (χ4v) is 3.71. The van der Waals surface area contributed by atoms with Crippen molar-refractivity contribution < 1.29 is 0 Å². The minimum absolute atomic E-state index is 0.933. The van der Waals surface area contributed by atoms with E-state index < -0.39 is 0 Å². The van der Waals surface area contributed by atoms with Crippen LogP contribution in [0.5, 0.6) is 0 Å². The van der Waals surface area contributed by atoms with E-state index in [1.807, 2.05) is 0 Å². The molecule has 0 aromatic carbocycles. The van der Waals surface area contributed by atoms with Crippen LogP contribution in [-0.4, -0.2) is 24.6 Å². The van der Waals surface area contributed by atoms with Gasteiger partial charge in [0.15, 0.2) is 0 Å². The minimum atomic E-state index is 0.933. The third-order valence-electron chi connectivity index (χ3n) is 2.63. The molecule has 1 aromatic rings. The first-order valence-corrected chi connectivity index (χ1v) is 7.34. The van der Waals surface area contributed by atoms with Crippen molar-refractivity contribution >= 4 is 23.1 Å². The number of thiophene rings is 1. The number of rotatable bonds is 5. The van der Waals surface area contributed by atoms with E-state index in [1.165, 1.54) is 36.5 Å². The molecule has 0 spiro atoms. The average Bonchev–Trinajstić information content (AvgIpc) is 2.86. The van der Waals surface area contributed by atoms with Crippen LogP contribution in [0.4, 0.5) is 0 Å². The second kappa shape index (κ2) is 5.79. The lowest BCUT2D eigenvalue weighted by molar-refractivity contribution is 0.526. The lowest BCUT2D eigenvalue weighted by Gasteiger charge is -2.08. The molecule has 0 bridgehead atoms. The highest BCUT2D eigenvalue weighted by molar-refractivity contribution is 7.99. The Balaban J connectivity index is 1.55. The molecule has 3 heteroatoms. The summed E-state index contributed by atoms with van der Waals surface area (Å²) in [5.41, 5.74) is 1.48. The molecule has 1 nitrogen and oxygen atoms in total. The summed E-state index contributed by atoms with van der Waals surface area (Å²) < 4.78 is 0. The van der Waals surface area contributed by atoms with Crippen LogP contribution in [0.25, 0.3) is 0 Å². The van der Waals surface area contributed by atoms with Crippen LogP contribution < -0.4 is 5.32 Å². The minimum Gasteiger partial charge on any atom is -0.316 e. The van der Waals surface area contributed by atoms with Crippen LogP contribution in [0.2, 0.25) is 0 Å². The van der Waals surface area contributed by atoms with Crippen LogP contribution in [0.1, 0.15) is 12.0 Å². The predicted molar refractivity (Wildman–Crippen MR) is 66.3 cm³/mol. The van der Waals surface area contributed by atoms with Gasteiger partial charge in [-0.25, -0.2) is 0 Å². The predicted octanol–water partition coefficient (Wildman–Crippen LogP) is 2.63. The Bertz CT molecular complexity index is 240. The molecule has 0 radical (unpaired) electrons. The number of hydrogen-bond donors (Lipinski definition) is 1. The fourth-order valence-electron chi connectivity index (χ4n) is 1.72. The Hall–Kier alpha value is 0.01000. The summed E-state index contributed by atoms with van der Waals surface area (Å²) in [6, 6.07) is 2.22. The zero-order valence-electron chi connectivity index (χ0n) is 8.37. The van der Waals surface area contributed by atoms with Gasteiger partial charge >= 0.3 is 0 Å². The molecule has 1 aliphatic rings. The van der Waals surface area contributed by atoms with Crippen LogP contribution in [0.15, 0.2) is 16.8 Å². The lowest BCUT2D eigenvalue weighted by Crippen LogP contribution is -2.24. The van der Waals surface area contributed by atoms with Crippen molar-refractivity contribution in [3.05, 3.63) is 22.4 Å². The third-order valence-corrected chi connectivity index (χ3v) is 4.59.